The second-order valence-corrected chi connectivity index (χ2v) is 3.65. The van der Waals surface area contributed by atoms with Gasteiger partial charge in [0.2, 0.25) is 0 Å². The molecule has 0 aromatic heterocycles. The van der Waals surface area contributed by atoms with E-state index in [-0.39, 0.29) is 6.61 Å². The molecule has 1 rings (SSSR count). The summed E-state index contributed by atoms with van der Waals surface area (Å²) >= 11 is 1.71. The molecule has 0 aliphatic rings. The summed E-state index contributed by atoms with van der Waals surface area (Å²) < 4.78 is 0. The number of unbranched alkanes of at least 4 members (excludes halogenated alkanes) is 1. The van der Waals surface area contributed by atoms with Gasteiger partial charge >= 0.3 is 0 Å². The van der Waals surface area contributed by atoms with E-state index in [0.29, 0.717) is 0 Å². The summed E-state index contributed by atoms with van der Waals surface area (Å²) in [6.07, 6.45) is 3.90. The van der Waals surface area contributed by atoms with E-state index >= 15 is 0 Å². The molecule has 1 N–H and O–H groups in total. The predicted molar refractivity (Wildman–Crippen MR) is 57.8 cm³/mol. The van der Waals surface area contributed by atoms with Crippen LogP contribution in [0.2, 0.25) is 0 Å². The van der Waals surface area contributed by atoms with Gasteiger partial charge in [0.1, 0.15) is 0 Å². The van der Waals surface area contributed by atoms with Gasteiger partial charge in [-0.3, -0.25) is 0 Å². The van der Waals surface area contributed by atoms with E-state index in [1.54, 1.807) is 11.8 Å². The molecule has 0 unspecified atom stereocenters. The van der Waals surface area contributed by atoms with Crippen molar-refractivity contribution >= 4 is 11.8 Å². The molecule has 0 atom stereocenters. The number of thioether (sulfide) groups is 1. The summed E-state index contributed by atoms with van der Waals surface area (Å²) in [5, 5.41) is 10.6. The molecule has 0 radical (unpaired) electrons. The fourth-order valence-electron chi connectivity index (χ4n) is 0.903. The molecule has 1 nitrogen and oxygen atoms in total. The van der Waals surface area contributed by atoms with Crippen molar-refractivity contribution in [1.82, 2.24) is 0 Å². The van der Waals surface area contributed by atoms with Crippen LogP contribution in [0.4, 0.5) is 0 Å². The average Bonchev–Trinajstić information content (AvgIpc) is 2.19. The topological polar surface area (TPSA) is 20.2 Å². The molecule has 0 spiro atoms. The zero-order valence-corrected chi connectivity index (χ0v) is 8.33. The van der Waals surface area contributed by atoms with Gasteiger partial charge in [-0.1, -0.05) is 36.0 Å². The number of hydrogen-bond donors (Lipinski definition) is 1. The standard InChI is InChI=1S/C11H14OS/c12-9-5-2-6-10-13-11-7-3-1-4-8-11/h1,3-4,6-8,10,12H,2,5,9H2/b10-6+. The first-order chi connectivity index (χ1) is 6.43. The highest BCUT2D eigenvalue weighted by atomic mass is 32.2. The van der Waals surface area contributed by atoms with Crippen molar-refractivity contribution in [2.45, 2.75) is 17.7 Å². The third kappa shape index (κ3) is 4.76. The summed E-state index contributed by atoms with van der Waals surface area (Å²) in [5.41, 5.74) is 0. The van der Waals surface area contributed by atoms with Gasteiger partial charge in [-0.25, -0.2) is 0 Å². The first-order valence-corrected chi connectivity index (χ1v) is 5.29. The van der Waals surface area contributed by atoms with Crippen molar-refractivity contribution in [3.05, 3.63) is 41.8 Å². The van der Waals surface area contributed by atoms with Crippen LogP contribution in [0, 0.1) is 0 Å². The minimum Gasteiger partial charge on any atom is -0.396 e. The number of benzene rings is 1. The van der Waals surface area contributed by atoms with Crippen LogP contribution in [0.5, 0.6) is 0 Å². The molecule has 0 aliphatic carbocycles. The molecule has 0 fully saturated rings. The maximum Gasteiger partial charge on any atom is 0.0433 e. The lowest BCUT2D eigenvalue weighted by molar-refractivity contribution is 0.289. The monoisotopic (exact) mass is 194 g/mol. The molecular formula is C11H14OS. The van der Waals surface area contributed by atoms with Crippen molar-refractivity contribution in [2.75, 3.05) is 6.61 Å². The summed E-state index contributed by atoms with van der Waals surface area (Å²) in [4.78, 5) is 1.25. The van der Waals surface area contributed by atoms with Crippen molar-refractivity contribution in [1.29, 1.82) is 0 Å². The maximum absolute atomic E-state index is 8.54. The Labute approximate surface area is 83.5 Å². The van der Waals surface area contributed by atoms with Crippen LogP contribution in [0.15, 0.2) is 46.7 Å². The Kier molecular flexibility index (Phi) is 5.38. The third-order valence-electron chi connectivity index (χ3n) is 1.57. The zero-order chi connectivity index (χ0) is 9.36. The highest BCUT2D eigenvalue weighted by molar-refractivity contribution is 8.02. The van der Waals surface area contributed by atoms with Crippen LogP contribution in [-0.2, 0) is 0 Å². The predicted octanol–water partition coefficient (Wildman–Crippen LogP) is 3.06. The summed E-state index contributed by atoms with van der Waals surface area (Å²) in [5.74, 6) is 0. The summed E-state index contributed by atoms with van der Waals surface area (Å²) in [7, 11) is 0. The Morgan fingerprint density at radius 2 is 2.00 bits per heavy atom. The van der Waals surface area contributed by atoms with Gasteiger partial charge in [-0.05, 0) is 30.4 Å². The molecule has 1 aromatic carbocycles. The fourth-order valence-corrected chi connectivity index (χ4v) is 1.61. The van der Waals surface area contributed by atoms with E-state index in [4.69, 9.17) is 5.11 Å². The van der Waals surface area contributed by atoms with E-state index in [1.165, 1.54) is 4.90 Å². The van der Waals surface area contributed by atoms with Crippen LogP contribution in [0.3, 0.4) is 0 Å². The molecule has 2 heteroatoms. The number of rotatable bonds is 5. The fraction of sp³-hybridized carbons (Fsp3) is 0.273. The quantitative estimate of drug-likeness (QED) is 0.574. The molecule has 0 aliphatic heterocycles. The van der Waals surface area contributed by atoms with Crippen molar-refractivity contribution in [2.24, 2.45) is 0 Å². The highest BCUT2D eigenvalue weighted by Gasteiger charge is 1.85. The van der Waals surface area contributed by atoms with Gasteiger partial charge in [0.05, 0.1) is 0 Å². The number of aliphatic hydroxyl groups is 1. The van der Waals surface area contributed by atoms with Gasteiger partial charge in [-0.2, -0.15) is 0 Å². The SMILES string of the molecule is OCCC/C=C/Sc1ccccc1. The van der Waals surface area contributed by atoms with E-state index in [0.717, 1.165) is 12.8 Å². The molecule has 0 saturated heterocycles. The Bertz CT molecular complexity index is 244. The molecule has 0 saturated carbocycles. The molecule has 0 amide bonds. The van der Waals surface area contributed by atoms with Gasteiger partial charge in [0.25, 0.3) is 0 Å². The van der Waals surface area contributed by atoms with Gasteiger partial charge < -0.3 is 5.11 Å². The lowest BCUT2D eigenvalue weighted by Crippen LogP contribution is -1.77. The van der Waals surface area contributed by atoms with Crippen molar-refractivity contribution in [3.63, 3.8) is 0 Å². The van der Waals surface area contributed by atoms with Crippen LogP contribution in [0.25, 0.3) is 0 Å². The van der Waals surface area contributed by atoms with Crippen LogP contribution in [-0.4, -0.2) is 11.7 Å². The maximum atomic E-state index is 8.54. The average molecular weight is 194 g/mol. The summed E-state index contributed by atoms with van der Waals surface area (Å²) in [6.45, 7) is 0.278. The number of aliphatic hydroxyl groups excluding tert-OH is 1. The van der Waals surface area contributed by atoms with E-state index in [1.807, 2.05) is 18.2 Å². The van der Waals surface area contributed by atoms with Crippen LogP contribution < -0.4 is 0 Å². The summed E-state index contributed by atoms with van der Waals surface area (Å²) in [6, 6.07) is 10.2. The Morgan fingerprint density at radius 1 is 1.23 bits per heavy atom. The highest BCUT2D eigenvalue weighted by Crippen LogP contribution is 2.18. The Hall–Kier alpha value is -0.730. The lowest BCUT2D eigenvalue weighted by Gasteiger charge is -1.93. The van der Waals surface area contributed by atoms with E-state index in [2.05, 4.69) is 23.6 Å². The smallest absolute Gasteiger partial charge is 0.0433 e. The third-order valence-corrected chi connectivity index (χ3v) is 2.45. The van der Waals surface area contributed by atoms with Gasteiger partial charge in [0.15, 0.2) is 0 Å². The number of allylic oxidation sites excluding steroid dienone is 1. The second-order valence-electron chi connectivity index (χ2n) is 2.67. The first kappa shape index (κ1) is 10.4. The molecule has 0 bridgehead atoms. The molecule has 0 heterocycles. The van der Waals surface area contributed by atoms with Gasteiger partial charge in [0, 0.05) is 11.5 Å². The Morgan fingerprint density at radius 3 is 2.69 bits per heavy atom. The first-order valence-electron chi connectivity index (χ1n) is 4.41. The van der Waals surface area contributed by atoms with Crippen molar-refractivity contribution < 1.29 is 5.11 Å². The minimum absolute atomic E-state index is 0.278. The minimum atomic E-state index is 0.278. The number of hydrogen-bond acceptors (Lipinski definition) is 2. The normalized spacial score (nSPS) is 10.8. The molecule has 70 valence electrons. The van der Waals surface area contributed by atoms with E-state index < -0.39 is 0 Å². The molecule has 1 aromatic rings. The zero-order valence-electron chi connectivity index (χ0n) is 7.52. The van der Waals surface area contributed by atoms with Gasteiger partial charge in [-0.15, -0.1) is 0 Å². The van der Waals surface area contributed by atoms with Crippen molar-refractivity contribution in [3.8, 4) is 0 Å². The molecular weight excluding hydrogens is 180 g/mol. The molecule has 13 heavy (non-hydrogen) atoms. The Balaban J connectivity index is 2.23. The lowest BCUT2D eigenvalue weighted by atomic mass is 10.3. The van der Waals surface area contributed by atoms with Crippen LogP contribution >= 0.6 is 11.8 Å². The second kappa shape index (κ2) is 6.75. The largest absolute Gasteiger partial charge is 0.396 e. The van der Waals surface area contributed by atoms with E-state index in [9.17, 15) is 0 Å². The van der Waals surface area contributed by atoms with Crippen LogP contribution in [0.1, 0.15) is 12.8 Å².